The van der Waals surface area contributed by atoms with Gasteiger partial charge in [-0.1, -0.05) is 41.5 Å². The van der Waals surface area contributed by atoms with Crippen molar-refractivity contribution in [2.45, 2.75) is 52.4 Å². The Morgan fingerprint density at radius 2 is 1.41 bits per heavy atom. The van der Waals surface area contributed by atoms with Crippen LogP contribution in [0, 0.1) is 5.41 Å². The lowest BCUT2D eigenvalue weighted by Crippen LogP contribution is -2.42. The van der Waals surface area contributed by atoms with Crippen molar-refractivity contribution in [3.05, 3.63) is 27.7 Å². The lowest BCUT2D eigenvalue weighted by Gasteiger charge is -2.44. The summed E-state index contributed by atoms with van der Waals surface area (Å²) in [5, 5.41) is 0. The van der Waals surface area contributed by atoms with Crippen molar-refractivity contribution < 1.29 is 2.74 Å². The number of benzene rings is 1. The largest absolute Gasteiger partial charge is 0.398 e. The van der Waals surface area contributed by atoms with Crippen LogP contribution in [0.1, 0.15) is 55.4 Å². The third-order valence-electron chi connectivity index (χ3n) is 5.36. The molecule has 0 saturated carbocycles. The van der Waals surface area contributed by atoms with E-state index in [2.05, 4.69) is 57.5 Å². The molecule has 0 heterocycles. The zero-order valence-corrected chi connectivity index (χ0v) is 13.0. The van der Waals surface area contributed by atoms with Crippen molar-refractivity contribution in [1.82, 2.24) is 0 Å². The molecule has 1 aromatic rings. The molecular formula is C15H22BrN. The first-order valence-electron chi connectivity index (χ1n) is 6.98. The van der Waals surface area contributed by atoms with E-state index in [1.807, 2.05) is 0 Å². The minimum absolute atomic E-state index is 0.0544. The zero-order chi connectivity index (χ0) is 15.0. The molecule has 2 N–H and O–H groups in total. The number of fused-ring (bicyclic) bond motifs is 1. The van der Waals surface area contributed by atoms with Gasteiger partial charge >= 0.3 is 0 Å². The van der Waals surface area contributed by atoms with Crippen LogP contribution in [0.4, 0.5) is 5.69 Å². The Morgan fingerprint density at radius 1 is 1.00 bits per heavy atom. The highest BCUT2D eigenvalue weighted by Crippen LogP contribution is 2.62. The summed E-state index contributed by atoms with van der Waals surface area (Å²) in [7, 11) is 0. The maximum Gasteiger partial charge on any atom is 0.0648 e. The Labute approximate surface area is 116 Å². The number of hydrogen-bond acceptors (Lipinski definition) is 1. The molecule has 0 spiro atoms. The summed E-state index contributed by atoms with van der Waals surface area (Å²) < 4.78 is 17.4. The Kier molecular flexibility index (Phi) is 2.01. The van der Waals surface area contributed by atoms with Gasteiger partial charge in [0.25, 0.3) is 0 Å². The number of halogens is 1. The average molecular weight is 298 g/mol. The van der Waals surface area contributed by atoms with E-state index < -0.39 is 0 Å². The summed E-state index contributed by atoms with van der Waals surface area (Å²) in [6, 6.07) is 0.814. The molecular weight excluding hydrogens is 274 g/mol. The van der Waals surface area contributed by atoms with Crippen LogP contribution < -0.4 is 5.73 Å². The number of rotatable bonds is 0. The fourth-order valence-corrected chi connectivity index (χ4v) is 3.13. The fraction of sp³-hybridized carbons (Fsp3) is 0.600. The van der Waals surface area contributed by atoms with Gasteiger partial charge in [0.05, 0.1) is 2.74 Å². The van der Waals surface area contributed by atoms with E-state index in [1.54, 1.807) is 0 Å². The minimum atomic E-state index is -0.187. The predicted molar refractivity (Wildman–Crippen MR) is 78.4 cm³/mol. The van der Waals surface area contributed by atoms with Crippen molar-refractivity contribution in [3.8, 4) is 0 Å². The van der Waals surface area contributed by atoms with E-state index in [0.29, 0.717) is 22.2 Å². The fourth-order valence-electron chi connectivity index (χ4n) is 2.84. The second-order valence-corrected chi connectivity index (χ2v) is 7.40. The van der Waals surface area contributed by atoms with Gasteiger partial charge < -0.3 is 5.73 Å². The van der Waals surface area contributed by atoms with Crippen LogP contribution in [0.2, 0.25) is 0 Å². The van der Waals surface area contributed by atoms with Crippen molar-refractivity contribution in [2.24, 2.45) is 5.41 Å². The van der Waals surface area contributed by atoms with Gasteiger partial charge in [-0.15, -0.1) is 0 Å². The van der Waals surface area contributed by atoms with Crippen LogP contribution in [0.15, 0.2) is 16.6 Å². The zero-order valence-electron chi connectivity index (χ0n) is 13.5. The summed E-state index contributed by atoms with van der Waals surface area (Å²) in [4.78, 5) is 0. The normalized spacial score (nSPS) is 25.1. The molecule has 0 radical (unpaired) electrons. The summed E-state index contributed by atoms with van der Waals surface area (Å²) in [5.41, 5.74) is 7.87. The second-order valence-electron chi connectivity index (χ2n) is 6.60. The van der Waals surface area contributed by atoms with E-state index in [1.165, 1.54) is 0 Å². The Bertz CT molecular complexity index is 525. The smallest absolute Gasteiger partial charge is 0.0648 e. The third-order valence-corrected chi connectivity index (χ3v) is 5.98. The highest BCUT2D eigenvalue weighted by atomic mass is 79.9. The van der Waals surface area contributed by atoms with E-state index >= 15 is 0 Å². The van der Waals surface area contributed by atoms with Crippen LogP contribution >= 0.6 is 15.9 Å². The molecule has 0 aromatic heterocycles. The van der Waals surface area contributed by atoms with Gasteiger partial charge in [-0.2, -0.15) is 0 Å². The molecule has 0 aliphatic heterocycles. The summed E-state index contributed by atoms with van der Waals surface area (Å²) in [5.74, 6) is 0. The first-order chi connectivity index (χ1) is 8.39. The summed E-state index contributed by atoms with van der Waals surface area (Å²) in [6.07, 6.45) is 0. The van der Waals surface area contributed by atoms with E-state index in [-0.39, 0.29) is 16.2 Å². The highest BCUT2D eigenvalue weighted by molar-refractivity contribution is 9.10. The standard InChI is InChI=1S/C15H22BrN/c1-13(2)9-7-11(16)12(17)8-10(9)14(3,4)15(13,5)6/h7-8H,17H2,1-6H3/i7D,8D. The van der Waals surface area contributed by atoms with E-state index in [4.69, 9.17) is 8.48 Å². The Hall–Kier alpha value is -0.500. The molecule has 94 valence electrons. The van der Waals surface area contributed by atoms with Gasteiger partial charge in [-0.25, -0.2) is 0 Å². The van der Waals surface area contributed by atoms with Crippen molar-refractivity contribution in [1.29, 1.82) is 0 Å². The first kappa shape index (κ1) is 10.4. The molecule has 1 aromatic carbocycles. The molecule has 0 saturated heterocycles. The van der Waals surface area contributed by atoms with Gasteiger partial charge in [0, 0.05) is 10.2 Å². The van der Waals surface area contributed by atoms with E-state index in [0.717, 1.165) is 11.1 Å². The maximum atomic E-state index is 8.41. The highest BCUT2D eigenvalue weighted by Gasteiger charge is 2.56. The van der Waals surface area contributed by atoms with Crippen molar-refractivity contribution in [2.75, 3.05) is 5.73 Å². The van der Waals surface area contributed by atoms with Crippen LogP contribution in [0.3, 0.4) is 0 Å². The molecule has 1 aliphatic carbocycles. The van der Waals surface area contributed by atoms with E-state index in [9.17, 15) is 0 Å². The number of hydrogen-bond donors (Lipinski definition) is 1. The third kappa shape index (κ3) is 1.36. The SMILES string of the molecule is [2H]c1c(N)c(Br)c([2H])c2c1C(C)(C)C(C)(C)C2(C)C. The number of nitrogens with two attached hydrogens (primary N) is 1. The maximum absolute atomic E-state index is 8.41. The number of anilines is 1. The quantitative estimate of drug-likeness (QED) is 0.695. The molecule has 0 atom stereocenters. The van der Waals surface area contributed by atoms with Crippen LogP contribution in [0.5, 0.6) is 0 Å². The molecule has 1 nitrogen and oxygen atoms in total. The number of nitrogen functional groups attached to an aromatic ring is 1. The monoisotopic (exact) mass is 297 g/mol. The van der Waals surface area contributed by atoms with Crippen LogP contribution in [-0.2, 0) is 10.8 Å². The van der Waals surface area contributed by atoms with Gasteiger partial charge in [-0.3, -0.25) is 0 Å². The summed E-state index contributed by atoms with van der Waals surface area (Å²) in [6.45, 7) is 13.1. The Balaban J connectivity index is 3.02. The molecule has 0 unspecified atom stereocenters. The first-order valence-corrected chi connectivity index (χ1v) is 6.77. The topological polar surface area (TPSA) is 26.0 Å². The van der Waals surface area contributed by atoms with Crippen molar-refractivity contribution in [3.63, 3.8) is 0 Å². The average Bonchev–Trinajstić information content (AvgIpc) is 2.39. The van der Waals surface area contributed by atoms with Gasteiger partial charge in [0.15, 0.2) is 0 Å². The van der Waals surface area contributed by atoms with Crippen molar-refractivity contribution >= 4 is 21.6 Å². The molecule has 17 heavy (non-hydrogen) atoms. The van der Waals surface area contributed by atoms with Crippen LogP contribution in [-0.4, -0.2) is 0 Å². The molecule has 0 bridgehead atoms. The lowest BCUT2D eigenvalue weighted by molar-refractivity contribution is 0.125. The Morgan fingerprint density at radius 3 is 1.88 bits per heavy atom. The predicted octanol–water partition coefficient (Wildman–Crippen LogP) is 4.63. The summed E-state index contributed by atoms with van der Waals surface area (Å²) >= 11 is 3.38. The lowest BCUT2D eigenvalue weighted by atomic mass is 9.59. The molecule has 0 fully saturated rings. The molecule has 0 amide bonds. The molecule has 2 heteroatoms. The van der Waals surface area contributed by atoms with Gasteiger partial charge in [0.1, 0.15) is 0 Å². The van der Waals surface area contributed by atoms with Crippen LogP contribution in [0.25, 0.3) is 0 Å². The minimum Gasteiger partial charge on any atom is -0.398 e. The van der Waals surface area contributed by atoms with Gasteiger partial charge in [-0.05, 0) is 55.4 Å². The second kappa shape index (κ2) is 3.28. The molecule has 2 rings (SSSR count). The molecule has 1 aliphatic rings. The van der Waals surface area contributed by atoms with Gasteiger partial charge in [0.2, 0.25) is 0 Å².